The summed E-state index contributed by atoms with van der Waals surface area (Å²) in [4.78, 5) is 30.8. The van der Waals surface area contributed by atoms with Gasteiger partial charge in [-0.1, -0.05) is 12.1 Å². The Morgan fingerprint density at radius 1 is 1.21 bits per heavy atom. The lowest BCUT2D eigenvalue weighted by molar-refractivity contribution is 0.277. The van der Waals surface area contributed by atoms with Crippen molar-refractivity contribution in [3.05, 3.63) is 70.0 Å². The summed E-state index contributed by atoms with van der Waals surface area (Å²) in [6, 6.07) is 8.19. The van der Waals surface area contributed by atoms with Crippen LogP contribution in [-0.4, -0.2) is 44.5 Å². The molecule has 0 radical (unpaired) electrons. The molecule has 7 heteroatoms. The van der Waals surface area contributed by atoms with Gasteiger partial charge in [0.15, 0.2) is 5.82 Å². The molecule has 0 amide bonds. The molecule has 0 atom stereocenters. The topological polar surface area (TPSA) is 84.0 Å². The number of ether oxygens (including phenoxy) is 1. The molecular formula is C21H23N5O2. The minimum atomic E-state index is -0.0779. The molecule has 0 saturated carbocycles. The van der Waals surface area contributed by atoms with E-state index in [2.05, 4.69) is 37.0 Å². The monoisotopic (exact) mass is 377 g/mol. The molecule has 1 aliphatic rings. The van der Waals surface area contributed by atoms with Crippen molar-refractivity contribution in [2.24, 2.45) is 0 Å². The minimum absolute atomic E-state index is 0.0779. The Morgan fingerprint density at radius 2 is 2.11 bits per heavy atom. The van der Waals surface area contributed by atoms with E-state index in [9.17, 15) is 4.79 Å². The Balaban J connectivity index is 1.51. The van der Waals surface area contributed by atoms with Crippen molar-refractivity contribution in [3.63, 3.8) is 0 Å². The van der Waals surface area contributed by atoms with Crippen LogP contribution in [0.3, 0.4) is 0 Å². The molecule has 0 fully saturated rings. The van der Waals surface area contributed by atoms with Gasteiger partial charge in [0.2, 0.25) is 0 Å². The van der Waals surface area contributed by atoms with Crippen molar-refractivity contribution in [3.8, 4) is 17.3 Å². The first-order valence-corrected chi connectivity index (χ1v) is 9.55. The molecular weight excluding hydrogens is 354 g/mol. The first-order chi connectivity index (χ1) is 13.7. The fraction of sp³-hybridized carbons (Fsp3) is 0.333. The van der Waals surface area contributed by atoms with Gasteiger partial charge >= 0.3 is 0 Å². The van der Waals surface area contributed by atoms with Gasteiger partial charge in [0.1, 0.15) is 11.4 Å². The highest BCUT2D eigenvalue weighted by molar-refractivity contribution is 5.47. The maximum atomic E-state index is 12.6. The molecule has 1 N–H and O–H groups in total. The highest BCUT2D eigenvalue weighted by atomic mass is 16.5. The van der Waals surface area contributed by atoms with Crippen LogP contribution in [0, 0.1) is 0 Å². The Morgan fingerprint density at radius 3 is 2.93 bits per heavy atom. The molecule has 4 rings (SSSR count). The maximum Gasteiger partial charge on any atom is 0.254 e. The zero-order valence-corrected chi connectivity index (χ0v) is 15.9. The highest BCUT2D eigenvalue weighted by Gasteiger charge is 2.19. The summed E-state index contributed by atoms with van der Waals surface area (Å²) in [5.74, 6) is 1.37. The van der Waals surface area contributed by atoms with E-state index in [-0.39, 0.29) is 5.56 Å². The Labute approximate surface area is 163 Å². The first kappa shape index (κ1) is 18.3. The van der Waals surface area contributed by atoms with Crippen molar-refractivity contribution >= 4 is 0 Å². The molecule has 28 heavy (non-hydrogen) atoms. The van der Waals surface area contributed by atoms with Crippen LogP contribution in [0.1, 0.15) is 23.7 Å². The van der Waals surface area contributed by atoms with E-state index in [0.29, 0.717) is 24.5 Å². The predicted molar refractivity (Wildman–Crippen MR) is 106 cm³/mol. The second-order valence-corrected chi connectivity index (χ2v) is 6.79. The van der Waals surface area contributed by atoms with Crippen LogP contribution in [0.4, 0.5) is 0 Å². The third kappa shape index (κ3) is 4.09. The van der Waals surface area contributed by atoms with Crippen LogP contribution < -0.4 is 10.3 Å². The number of hydrogen-bond acceptors (Lipinski definition) is 6. The van der Waals surface area contributed by atoms with E-state index in [1.165, 1.54) is 5.56 Å². The molecule has 0 unspecified atom stereocenters. The Bertz CT molecular complexity index is 1000. The largest absolute Gasteiger partial charge is 0.494 e. The zero-order chi connectivity index (χ0) is 19.3. The van der Waals surface area contributed by atoms with Gasteiger partial charge in [0, 0.05) is 44.0 Å². The fourth-order valence-corrected chi connectivity index (χ4v) is 3.51. The Hall–Kier alpha value is -3.06. The lowest BCUT2D eigenvalue weighted by Crippen LogP contribution is -2.26. The molecule has 1 aliphatic heterocycles. The summed E-state index contributed by atoms with van der Waals surface area (Å²) in [6.45, 7) is 5.14. The number of fused-ring (bicyclic) bond motifs is 1. The summed E-state index contributed by atoms with van der Waals surface area (Å²) in [6.07, 6.45) is 6.23. The third-order valence-electron chi connectivity index (χ3n) is 4.87. The van der Waals surface area contributed by atoms with E-state index >= 15 is 0 Å². The quantitative estimate of drug-likeness (QED) is 0.734. The average molecular weight is 377 g/mol. The minimum Gasteiger partial charge on any atom is -0.494 e. The summed E-state index contributed by atoms with van der Waals surface area (Å²) in [5, 5.41) is 0. The number of aromatic nitrogens is 4. The van der Waals surface area contributed by atoms with Gasteiger partial charge in [-0.25, -0.2) is 9.97 Å². The number of nitrogens with zero attached hydrogens (tertiary/aromatic N) is 4. The first-order valence-electron chi connectivity index (χ1n) is 9.55. The second kappa shape index (κ2) is 8.31. The van der Waals surface area contributed by atoms with Crippen molar-refractivity contribution < 1.29 is 4.74 Å². The lowest BCUT2D eigenvalue weighted by Gasteiger charge is -2.20. The number of hydrogen-bond donors (Lipinski definition) is 1. The molecule has 7 nitrogen and oxygen atoms in total. The maximum absolute atomic E-state index is 12.6. The number of H-pyrrole nitrogens is 1. The van der Waals surface area contributed by atoms with Gasteiger partial charge in [-0.05, 0) is 31.0 Å². The van der Waals surface area contributed by atoms with Crippen molar-refractivity contribution in [2.75, 3.05) is 19.7 Å². The molecule has 3 aromatic rings. The van der Waals surface area contributed by atoms with E-state index in [0.717, 1.165) is 43.1 Å². The van der Waals surface area contributed by atoms with Crippen LogP contribution in [0.15, 0.2) is 47.7 Å². The normalized spacial score (nSPS) is 14.3. The molecule has 144 valence electrons. The lowest BCUT2D eigenvalue weighted by atomic mass is 10.1. The SMILES string of the molecule is CCOc1cccc(CN2CCc3nc(-c4cnccn4)[nH]c(=O)c3CC2)c1. The van der Waals surface area contributed by atoms with Crippen LogP contribution in [0.25, 0.3) is 11.5 Å². The molecule has 0 aliphatic carbocycles. The summed E-state index contributed by atoms with van der Waals surface area (Å²) in [7, 11) is 0. The fourth-order valence-electron chi connectivity index (χ4n) is 3.51. The van der Waals surface area contributed by atoms with Crippen LogP contribution >= 0.6 is 0 Å². The summed E-state index contributed by atoms with van der Waals surface area (Å²) >= 11 is 0. The number of aromatic amines is 1. The molecule has 1 aromatic carbocycles. The number of nitrogens with one attached hydrogen (secondary N) is 1. The van der Waals surface area contributed by atoms with E-state index < -0.39 is 0 Å². The van der Waals surface area contributed by atoms with Crippen molar-refractivity contribution in [1.82, 2.24) is 24.8 Å². The summed E-state index contributed by atoms with van der Waals surface area (Å²) in [5.41, 5.74) is 3.34. The van der Waals surface area contributed by atoms with E-state index in [1.807, 2.05) is 19.1 Å². The van der Waals surface area contributed by atoms with Gasteiger partial charge in [0.25, 0.3) is 5.56 Å². The summed E-state index contributed by atoms with van der Waals surface area (Å²) < 4.78 is 5.60. The van der Waals surface area contributed by atoms with Crippen LogP contribution in [0.5, 0.6) is 5.75 Å². The predicted octanol–water partition coefficient (Wildman–Crippen LogP) is 2.23. The molecule has 0 bridgehead atoms. The average Bonchev–Trinajstić information content (AvgIpc) is 2.92. The van der Waals surface area contributed by atoms with E-state index in [1.54, 1.807) is 18.6 Å². The van der Waals surface area contributed by atoms with Crippen molar-refractivity contribution in [2.45, 2.75) is 26.3 Å². The van der Waals surface area contributed by atoms with E-state index in [4.69, 9.17) is 4.74 Å². The highest BCUT2D eigenvalue weighted by Crippen LogP contribution is 2.18. The van der Waals surface area contributed by atoms with Crippen molar-refractivity contribution in [1.29, 1.82) is 0 Å². The second-order valence-electron chi connectivity index (χ2n) is 6.79. The van der Waals surface area contributed by atoms with Gasteiger partial charge in [-0.2, -0.15) is 0 Å². The van der Waals surface area contributed by atoms with Gasteiger partial charge < -0.3 is 9.72 Å². The standard InChI is InChI=1S/C21H23N5O2/c1-2-28-16-5-3-4-15(12-16)14-26-10-6-17-18(7-11-26)24-20(25-21(17)27)19-13-22-8-9-23-19/h3-5,8-9,12-13H,2,6-7,10-11,14H2,1H3,(H,24,25,27). The molecule has 0 spiro atoms. The molecule has 0 saturated heterocycles. The van der Waals surface area contributed by atoms with Gasteiger partial charge in [-0.15, -0.1) is 0 Å². The van der Waals surface area contributed by atoms with Crippen LogP contribution in [0.2, 0.25) is 0 Å². The number of benzene rings is 1. The number of rotatable bonds is 5. The van der Waals surface area contributed by atoms with Crippen LogP contribution in [-0.2, 0) is 19.4 Å². The molecule has 2 aromatic heterocycles. The van der Waals surface area contributed by atoms with Gasteiger partial charge in [0.05, 0.1) is 18.5 Å². The Kier molecular flexibility index (Phi) is 5.43. The zero-order valence-electron chi connectivity index (χ0n) is 15.9. The van der Waals surface area contributed by atoms with Gasteiger partial charge in [-0.3, -0.25) is 14.7 Å². The molecule has 3 heterocycles. The smallest absolute Gasteiger partial charge is 0.254 e. The third-order valence-corrected chi connectivity index (χ3v) is 4.87.